The van der Waals surface area contributed by atoms with Crippen LogP contribution in [0.15, 0.2) is 65.6 Å². The number of amides is 1. The van der Waals surface area contributed by atoms with Crippen LogP contribution in [-0.4, -0.2) is 32.8 Å². The second-order valence-corrected chi connectivity index (χ2v) is 6.21. The van der Waals surface area contributed by atoms with Crippen molar-refractivity contribution in [1.29, 1.82) is 0 Å². The lowest BCUT2D eigenvalue weighted by atomic mass is 10.2. The SMILES string of the molecule is O=C1CC(Nc2cc(=O)n3ccccc3n2)CN1Cc1ccccc1. The minimum absolute atomic E-state index is 0.0470. The first-order chi connectivity index (χ1) is 12.2. The van der Waals surface area contributed by atoms with Crippen molar-refractivity contribution >= 4 is 17.4 Å². The van der Waals surface area contributed by atoms with Crippen molar-refractivity contribution in [3.05, 3.63) is 76.7 Å². The number of anilines is 1. The molecule has 1 aliphatic rings. The Morgan fingerprint density at radius 1 is 1.08 bits per heavy atom. The number of aromatic nitrogens is 2. The summed E-state index contributed by atoms with van der Waals surface area (Å²) in [6, 6.07) is 16.8. The zero-order valence-electron chi connectivity index (χ0n) is 13.6. The minimum atomic E-state index is -0.140. The molecule has 3 heterocycles. The first kappa shape index (κ1) is 15.4. The molecule has 1 aromatic carbocycles. The number of nitrogens with one attached hydrogen (secondary N) is 1. The van der Waals surface area contributed by atoms with Gasteiger partial charge in [-0.1, -0.05) is 36.4 Å². The minimum Gasteiger partial charge on any atom is -0.365 e. The molecule has 1 fully saturated rings. The third-order valence-electron chi connectivity index (χ3n) is 4.35. The van der Waals surface area contributed by atoms with Gasteiger partial charge in [0.1, 0.15) is 11.5 Å². The molecule has 0 bridgehead atoms. The number of hydrogen-bond donors (Lipinski definition) is 1. The summed E-state index contributed by atoms with van der Waals surface area (Å²) in [4.78, 5) is 30.7. The fourth-order valence-electron chi connectivity index (χ4n) is 3.16. The normalized spacial score (nSPS) is 17.2. The Morgan fingerprint density at radius 3 is 2.72 bits per heavy atom. The average molecular weight is 334 g/mol. The molecule has 3 aromatic rings. The van der Waals surface area contributed by atoms with Crippen molar-refractivity contribution in [2.24, 2.45) is 0 Å². The van der Waals surface area contributed by atoms with Crippen molar-refractivity contribution in [2.75, 3.05) is 11.9 Å². The summed E-state index contributed by atoms with van der Waals surface area (Å²) >= 11 is 0. The second-order valence-electron chi connectivity index (χ2n) is 6.21. The van der Waals surface area contributed by atoms with Gasteiger partial charge in [-0.3, -0.25) is 14.0 Å². The third-order valence-corrected chi connectivity index (χ3v) is 4.35. The van der Waals surface area contributed by atoms with Crippen LogP contribution >= 0.6 is 0 Å². The molecule has 1 saturated heterocycles. The number of hydrogen-bond acceptors (Lipinski definition) is 4. The average Bonchev–Trinajstić information content (AvgIpc) is 2.95. The van der Waals surface area contributed by atoms with Crippen LogP contribution in [0.3, 0.4) is 0 Å². The lowest BCUT2D eigenvalue weighted by Gasteiger charge is -2.17. The maximum Gasteiger partial charge on any atom is 0.259 e. The van der Waals surface area contributed by atoms with E-state index in [4.69, 9.17) is 0 Å². The summed E-state index contributed by atoms with van der Waals surface area (Å²) in [5.74, 6) is 0.620. The van der Waals surface area contributed by atoms with Gasteiger partial charge in [0.25, 0.3) is 5.56 Å². The smallest absolute Gasteiger partial charge is 0.259 e. The topological polar surface area (TPSA) is 66.7 Å². The van der Waals surface area contributed by atoms with E-state index >= 15 is 0 Å². The molecule has 0 aliphatic carbocycles. The first-order valence-electron chi connectivity index (χ1n) is 8.26. The zero-order valence-corrected chi connectivity index (χ0v) is 13.6. The Labute approximate surface area is 144 Å². The second kappa shape index (κ2) is 6.39. The van der Waals surface area contributed by atoms with Gasteiger partial charge in [0.2, 0.25) is 5.91 Å². The van der Waals surface area contributed by atoms with E-state index < -0.39 is 0 Å². The summed E-state index contributed by atoms with van der Waals surface area (Å²) in [7, 11) is 0. The molecule has 25 heavy (non-hydrogen) atoms. The fourth-order valence-corrected chi connectivity index (χ4v) is 3.16. The number of likely N-dealkylation sites (tertiary alicyclic amines) is 1. The molecule has 0 saturated carbocycles. The summed E-state index contributed by atoms with van der Waals surface area (Å²) in [6.45, 7) is 1.20. The molecular weight excluding hydrogens is 316 g/mol. The quantitative estimate of drug-likeness (QED) is 0.791. The summed E-state index contributed by atoms with van der Waals surface area (Å²) in [6.07, 6.45) is 2.10. The van der Waals surface area contributed by atoms with Crippen LogP contribution < -0.4 is 10.9 Å². The number of benzene rings is 1. The van der Waals surface area contributed by atoms with Gasteiger partial charge in [0, 0.05) is 31.8 Å². The van der Waals surface area contributed by atoms with Gasteiger partial charge in [0.15, 0.2) is 0 Å². The molecule has 6 nitrogen and oxygen atoms in total. The molecule has 6 heteroatoms. The van der Waals surface area contributed by atoms with Crippen LogP contribution in [0.4, 0.5) is 5.82 Å². The van der Waals surface area contributed by atoms with Gasteiger partial charge in [-0.05, 0) is 17.7 Å². The molecule has 1 amide bonds. The summed E-state index contributed by atoms with van der Waals surface area (Å²) in [5.41, 5.74) is 1.56. The lowest BCUT2D eigenvalue weighted by molar-refractivity contribution is -0.128. The molecule has 0 spiro atoms. The molecular formula is C19H18N4O2. The van der Waals surface area contributed by atoms with Crippen LogP contribution in [0.25, 0.3) is 5.65 Å². The highest BCUT2D eigenvalue weighted by Gasteiger charge is 2.29. The van der Waals surface area contributed by atoms with Crippen molar-refractivity contribution in [2.45, 2.75) is 19.0 Å². The maximum atomic E-state index is 12.3. The van der Waals surface area contributed by atoms with Crippen molar-refractivity contribution in [3.63, 3.8) is 0 Å². The van der Waals surface area contributed by atoms with E-state index in [1.165, 1.54) is 10.5 Å². The standard InChI is InChI=1S/C19H18N4O2/c24-18-10-15(13-22(18)12-14-6-2-1-3-7-14)20-16-11-19(25)23-9-5-4-8-17(23)21-16/h1-9,11,15,20H,10,12-13H2. The monoisotopic (exact) mass is 334 g/mol. The van der Waals surface area contributed by atoms with Crippen LogP contribution in [0, 0.1) is 0 Å². The number of pyridine rings is 1. The first-order valence-corrected chi connectivity index (χ1v) is 8.26. The highest BCUT2D eigenvalue weighted by molar-refractivity contribution is 5.80. The van der Waals surface area contributed by atoms with Gasteiger partial charge >= 0.3 is 0 Å². The van der Waals surface area contributed by atoms with Crippen LogP contribution in [0.2, 0.25) is 0 Å². The van der Waals surface area contributed by atoms with E-state index in [1.807, 2.05) is 41.3 Å². The third kappa shape index (κ3) is 3.24. The Balaban J connectivity index is 1.49. The number of carbonyl (C=O) groups is 1. The van der Waals surface area contributed by atoms with E-state index in [-0.39, 0.29) is 17.5 Å². The molecule has 0 radical (unpaired) electrons. The zero-order chi connectivity index (χ0) is 17.2. The molecule has 1 aliphatic heterocycles. The van der Waals surface area contributed by atoms with Crippen molar-refractivity contribution in [3.8, 4) is 0 Å². The molecule has 4 rings (SSSR count). The van der Waals surface area contributed by atoms with E-state index in [2.05, 4.69) is 10.3 Å². The fraction of sp³-hybridized carbons (Fsp3) is 0.211. The van der Waals surface area contributed by atoms with Gasteiger partial charge in [0.05, 0.1) is 6.04 Å². The van der Waals surface area contributed by atoms with Crippen LogP contribution in [-0.2, 0) is 11.3 Å². The number of nitrogens with zero attached hydrogens (tertiary/aromatic N) is 3. The highest BCUT2D eigenvalue weighted by atomic mass is 16.2. The molecule has 1 N–H and O–H groups in total. The maximum absolute atomic E-state index is 12.3. The number of fused-ring (bicyclic) bond motifs is 1. The van der Waals surface area contributed by atoms with Gasteiger partial charge in [-0.2, -0.15) is 0 Å². The van der Waals surface area contributed by atoms with Gasteiger partial charge < -0.3 is 10.2 Å². The lowest BCUT2D eigenvalue weighted by Crippen LogP contribution is -2.28. The molecule has 126 valence electrons. The predicted molar refractivity (Wildman–Crippen MR) is 95.3 cm³/mol. The summed E-state index contributed by atoms with van der Waals surface area (Å²) < 4.78 is 1.49. The Morgan fingerprint density at radius 2 is 1.88 bits per heavy atom. The summed E-state index contributed by atoms with van der Waals surface area (Å²) in [5, 5.41) is 3.23. The van der Waals surface area contributed by atoms with Crippen LogP contribution in [0.1, 0.15) is 12.0 Å². The van der Waals surface area contributed by atoms with Crippen LogP contribution in [0.5, 0.6) is 0 Å². The van der Waals surface area contributed by atoms with Gasteiger partial charge in [-0.25, -0.2) is 4.98 Å². The van der Waals surface area contributed by atoms with Crippen molar-refractivity contribution in [1.82, 2.24) is 14.3 Å². The van der Waals surface area contributed by atoms with E-state index in [9.17, 15) is 9.59 Å². The largest absolute Gasteiger partial charge is 0.365 e. The van der Waals surface area contributed by atoms with E-state index in [1.54, 1.807) is 18.3 Å². The number of rotatable bonds is 4. The number of carbonyl (C=O) groups excluding carboxylic acids is 1. The predicted octanol–water partition coefficient (Wildman–Crippen LogP) is 1.91. The Kier molecular flexibility index (Phi) is 3.93. The Bertz CT molecular complexity index is 968. The molecule has 1 unspecified atom stereocenters. The molecule has 1 atom stereocenters. The van der Waals surface area contributed by atoms with Crippen molar-refractivity contribution < 1.29 is 4.79 Å². The van der Waals surface area contributed by atoms with E-state index in [0.29, 0.717) is 31.0 Å². The van der Waals surface area contributed by atoms with E-state index in [0.717, 1.165) is 5.56 Å². The van der Waals surface area contributed by atoms with Gasteiger partial charge in [-0.15, -0.1) is 0 Å². The Hall–Kier alpha value is -3.15. The molecule has 2 aromatic heterocycles. The highest BCUT2D eigenvalue weighted by Crippen LogP contribution is 2.18.